The molecule has 2 aromatic heterocycles. The van der Waals surface area contributed by atoms with Crippen LogP contribution in [0.15, 0.2) is 29.4 Å². The highest BCUT2D eigenvalue weighted by atomic mass is 32.2. The van der Waals surface area contributed by atoms with Gasteiger partial charge in [0, 0.05) is 43.1 Å². The first-order chi connectivity index (χ1) is 14.5. The standard InChI is InChI=1S/C18H20F3N7O2S/c1-11-12(2)25-17-23-10-24-28(17)16(11)27-7-5-26(6-8-27)15-4-3-13(31(22,29)30)9-14(15)18(19,20)21/h3-4,9-10H,5-8H2,1-2H3,(H2,22,29,30). The second kappa shape index (κ2) is 7.34. The average Bonchev–Trinajstić information content (AvgIpc) is 3.15. The molecule has 0 unspecified atom stereocenters. The van der Waals surface area contributed by atoms with E-state index in [9.17, 15) is 21.6 Å². The largest absolute Gasteiger partial charge is 0.418 e. The maximum absolute atomic E-state index is 13.7. The van der Waals surface area contributed by atoms with Gasteiger partial charge in [0.05, 0.1) is 10.5 Å². The molecule has 0 aliphatic carbocycles. The van der Waals surface area contributed by atoms with E-state index in [0.29, 0.717) is 38.0 Å². The molecule has 0 amide bonds. The van der Waals surface area contributed by atoms with Crippen LogP contribution >= 0.6 is 0 Å². The average molecular weight is 455 g/mol. The van der Waals surface area contributed by atoms with Gasteiger partial charge < -0.3 is 9.80 Å². The number of halogens is 3. The molecule has 0 atom stereocenters. The smallest absolute Gasteiger partial charge is 0.367 e. The van der Waals surface area contributed by atoms with Crippen LogP contribution in [0.2, 0.25) is 0 Å². The molecule has 1 aliphatic heterocycles. The number of primary sulfonamides is 1. The summed E-state index contributed by atoms with van der Waals surface area (Å²) >= 11 is 0. The van der Waals surface area contributed by atoms with Gasteiger partial charge in [-0.3, -0.25) is 0 Å². The Morgan fingerprint density at radius 3 is 2.32 bits per heavy atom. The van der Waals surface area contributed by atoms with Gasteiger partial charge in [-0.05, 0) is 32.0 Å². The Bertz CT molecular complexity index is 1250. The number of nitrogens with zero attached hydrogens (tertiary/aromatic N) is 6. The molecule has 1 aliphatic rings. The van der Waals surface area contributed by atoms with E-state index in [0.717, 1.165) is 29.2 Å². The first-order valence-electron chi connectivity index (χ1n) is 9.37. The summed E-state index contributed by atoms with van der Waals surface area (Å²) in [5.41, 5.74) is 0.617. The number of aryl methyl sites for hydroxylation is 1. The highest BCUT2D eigenvalue weighted by Gasteiger charge is 2.37. The molecule has 2 N–H and O–H groups in total. The molecule has 1 saturated heterocycles. The molecule has 1 aromatic carbocycles. The summed E-state index contributed by atoms with van der Waals surface area (Å²) in [5, 5.41) is 9.23. The molecule has 0 bridgehead atoms. The number of anilines is 2. The number of sulfonamides is 1. The number of hydrogen-bond donors (Lipinski definition) is 1. The van der Waals surface area contributed by atoms with Crippen LogP contribution in [0.1, 0.15) is 16.8 Å². The highest BCUT2D eigenvalue weighted by Crippen LogP contribution is 2.38. The molecule has 0 saturated carbocycles. The molecule has 3 aromatic rings. The van der Waals surface area contributed by atoms with Crippen molar-refractivity contribution in [1.82, 2.24) is 19.6 Å². The van der Waals surface area contributed by atoms with Gasteiger partial charge in [-0.15, -0.1) is 0 Å². The van der Waals surface area contributed by atoms with Gasteiger partial charge in [0.25, 0.3) is 5.78 Å². The van der Waals surface area contributed by atoms with E-state index in [1.165, 1.54) is 6.33 Å². The van der Waals surface area contributed by atoms with Gasteiger partial charge >= 0.3 is 6.18 Å². The fourth-order valence-corrected chi connectivity index (χ4v) is 4.28. The van der Waals surface area contributed by atoms with Crippen molar-refractivity contribution < 1.29 is 21.6 Å². The summed E-state index contributed by atoms with van der Waals surface area (Å²) in [7, 11) is -4.25. The maximum atomic E-state index is 13.7. The summed E-state index contributed by atoms with van der Waals surface area (Å²) < 4.78 is 65.6. The lowest BCUT2D eigenvalue weighted by Crippen LogP contribution is -2.48. The molecule has 9 nitrogen and oxygen atoms in total. The van der Waals surface area contributed by atoms with Crippen LogP contribution in [0.25, 0.3) is 5.78 Å². The molecule has 3 heterocycles. The van der Waals surface area contributed by atoms with E-state index < -0.39 is 26.7 Å². The van der Waals surface area contributed by atoms with Gasteiger partial charge in [0.1, 0.15) is 12.1 Å². The topological polar surface area (TPSA) is 110 Å². The van der Waals surface area contributed by atoms with E-state index in [4.69, 9.17) is 5.14 Å². The van der Waals surface area contributed by atoms with E-state index in [1.54, 1.807) is 9.42 Å². The first-order valence-corrected chi connectivity index (χ1v) is 10.9. The highest BCUT2D eigenvalue weighted by molar-refractivity contribution is 7.89. The van der Waals surface area contributed by atoms with Gasteiger partial charge in [-0.1, -0.05) is 0 Å². The van der Waals surface area contributed by atoms with E-state index >= 15 is 0 Å². The predicted molar refractivity (Wildman–Crippen MR) is 107 cm³/mol. The van der Waals surface area contributed by atoms with E-state index in [-0.39, 0.29) is 5.69 Å². The zero-order chi connectivity index (χ0) is 22.6. The quantitative estimate of drug-likeness (QED) is 0.641. The monoisotopic (exact) mass is 455 g/mol. The summed E-state index contributed by atoms with van der Waals surface area (Å²) in [4.78, 5) is 11.6. The van der Waals surface area contributed by atoms with E-state index in [2.05, 4.69) is 15.1 Å². The third kappa shape index (κ3) is 3.90. The Labute approximate surface area is 176 Å². The number of piperazine rings is 1. The van der Waals surface area contributed by atoms with Crippen molar-refractivity contribution in [3.8, 4) is 0 Å². The van der Waals surface area contributed by atoms with Gasteiger partial charge in [-0.25, -0.2) is 18.5 Å². The molecule has 13 heteroatoms. The Hall–Kier alpha value is -2.93. The van der Waals surface area contributed by atoms with Crippen molar-refractivity contribution in [3.05, 3.63) is 41.3 Å². The van der Waals surface area contributed by atoms with Crippen LogP contribution in [-0.2, 0) is 16.2 Å². The molecule has 4 rings (SSSR count). The molecule has 1 fully saturated rings. The summed E-state index contributed by atoms with van der Waals surface area (Å²) in [5.74, 6) is 1.26. The Kier molecular flexibility index (Phi) is 5.04. The van der Waals surface area contributed by atoms with E-state index in [1.807, 2.05) is 18.7 Å². The number of nitrogens with two attached hydrogens (primary N) is 1. The van der Waals surface area contributed by atoms with Crippen LogP contribution in [0.5, 0.6) is 0 Å². The zero-order valence-corrected chi connectivity index (χ0v) is 17.6. The Balaban J connectivity index is 1.64. The third-order valence-corrected chi connectivity index (χ3v) is 6.31. The van der Waals surface area contributed by atoms with Crippen LogP contribution < -0.4 is 14.9 Å². The predicted octanol–water partition coefficient (Wildman–Crippen LogP) is 1.73. The number of rotatable bonds is 3. The minimum atomic E-state index is -4.72. The van der Waals surface area contributed by atoms with Crippen molar-refractivity contribution in [2.75, 3.05) is 36.0 Å². The Morgan fingerprint density at radius 1 is 1.06 bits per heavy atom. The summed E-state index contributed by atoms with van der Waals surface area (Å²) in [6, 6.07) is 2.85. The van der Waals surface area contributed by atoms with Crippen LogP contribution in [0.4, 0.5) is 24.7 Å². The van der Waals surface area contributed by atoms with Gasteiger partial charge in [0.2, 0.25) is 10.0 Å². The lowest BCUT2D eigenvalue weighted by molar-refractivity contribution is -0.137. The molecular weight excluding hydrogens is 435 g/mol. The van der Waals surface area contributed by atoms with Crippen molar-refractivity contribution in [1.29, 1.82) is 0 Å². The van der Waals surface area contributed by atoms with Crippen LogP contribution in [0, 0.1) is 13.8 Å². The Morgan fingerprint density at radius 2 is 1.71 bits per heavy atom. The molecule has 0 spiro atoms. The van der Waals surface area contributed by atoms with Gasteiger partial charge in [-0.2, -0.15) is 27.8 Å². The minimum absolute atomic E-state index is 0.0758. The third-order valence-electron chi connectivity index (χ3n) is 5.40. The summed E-state index contributed by atoms with van der Waals surface area (Å²) in [6.07, 6.45) is -3.32. The second-order valence-electron chi connectivity index (χ2n) is 7.31. The van der Waals surface area contributed by atoms with Crippen molar-refractivity contribution in [2.24, 2.45) is 5.14 Å². The van der Waals surface area contributed by atoms with Crippen LogP contribution in [-0.4, -0.2) is 54.2 Å². The van der Waals surface area contributed by atoms with Crippen molar-refractivity contribution in [3.63, 3.8) is 0 Å². The first kappa shape index (κ1) is 21.3. The zero-order valence-electron chi connectivity index (χ0n) is 16.8. The summed E-state index contributed by atoms with van der Waals surface area (Å²) in [6.45, 7) is 5.26. The van der Waals surface area contributed by atoms with Crippen molar-refractivity contribution >= 4 is 27.3 Å². The number of aromatic nitrogens is 4. The molecule has 166 valence electrons. The fourth-order valence-electron chi connectivity index (χ4n) is 3.74. The molecular formula is C18H20F3N7O2S. The lowest BCUT2D eigenvalue weighted by atomic mass is 10.1. The number of hydrogen-bond acceptors (Lipinski definition) is 7. The lowest BCUT2D eigenvalue weighted by Gasteiger charge is -2.38. The van der Waals surface area contributed by atoms with Crippen LogP contribution in [0.3, 0.4) is 0 Å². The van der Waals surface area contributed by atoms with Gasteiger partial charge in [0.15, 0.2) is 0 Å². The van der Waals surface area contributed by atoms with Crippen molar-refractivity contribution in [2.45, 2.75) is 24.9 Å². The number of benzene rings is 1. The maximum Gasteiger partial charge on any atom is 0.418 e. The molecule has 31 heavy (non-hydrogen) atoms. The fraction of sp³-hybridized carbons (Fsp3) is 0.389. The number of alkyl halides is 3. The SMILES string of the molecule is Cc1nc2ncnn2c(N2CCN(c3ccc(S(N)(=O)=O)cc3C(F)(F)F)CC2)c1C. The second-order valence-corrected chi connectivity index (χ2v) is 8.87. The normalized spacial score (nSPS) is 15.7. The number of fused-ring (bicyclic) bond motifs is 1. The molecule has 0 radical (unpaired) electrons. The minimum Gasteiger partial charge on any atom is -0.367 e.